The van der Waals surface area contributed by atoms with E-state index in [-0.39, 0.29) is 17.4 Å². The summed E-state index contributed by atoms with van der Waals surface area (Å²) in [4.78, 5) is 33.5. The van der Waals surface area contributed by atoms with Gasteiger partial charge in [-0.3, -0.25) is 9.59 Å². The summed E-state index contributed by atoms with van der Waals surface area (Å²) < 4.78 is 1.01. The number of hydrogen-bond acceptors (Lipinski definition) is 4. The molecule has 1 atom stereocenters. The summed E-state index contributed by atoms with van der Waals surface area (Å²) in [6, 6.07) is 6.37. The first kappa shape index (κ1) is 17.8. The van der Waals surface area contributed by atoms with Gasteiger partial charge < -0.3 is 15.7 Å². The number of anilines is 1. The van der Waals surface area contributed by atoms with Gasteiger partial charge in [-0.25, -0.2) is 4.79 Å². The maximum Gasteiger partial charge on any atom is 0.327 e. The number of hydrogen-bond donors (Lipinski definition) is 3. The van der Waals surface area contributed by atoms with E-state index in [0.717, 1.165) is 15.3 Å². The summed E-state index contributed by atoms with van der Waals surface area (Å²) in [6.07, 6.45) is 0. The van der Waals surface area contributed by atoms with E-state index in [9.17, 15) is 14.4 Å². The number of benzene rings is 1. The fourth-order valence-electron chi connectivity index (χ4n) is 1.45. The smallest absolute Gasteiger partial charge is 0.327 e. The van der Waals surface area contributed by atoms with Crippen LogP contribution in [0.1, 0.15) is 6.92 Å². The molecule has 0 aliphatic carbocycles. The largest absolute Gasteiger partial charge is 0.480 e. The molecule has 0 aromatic heterocycles. The van der Waals surface area contributed by atoms with Gasteiger partial charge in [0.15, 0.2) is 0 Å². The number of carboxylic acids is 1. The Morgan fingerprint density at radius 2 is 2.10 bits per heavy atom. The fourth-order valence-corrected chi connectivity index (χ4v) is 2.83. The lowest BCUT2D eigenvalue weighted by molar-refractivity contribution is -0.140. The molecule has 8 heteroatoms. The van der Waals surface area contributed by atoms with Crippen molar-refractivity contribution < 1.29 is 19.5 Å². The molecule has 1 aromatic carbocycles. The lowest BCUT2D eigenvalue weighted by Crippen LogP contribution is -2.41. The number of carbonyl (C=O) groups is 3. The minimum absolute atomic E-state index is 0.120. The zero-order valence-electron chi connectivity index (χ0n) is 11.3. The number of thioether (sulfide) groups is 1. The predicted molar refractivity (Wildman–Crippen MR) is 90.4 cm³/mol. The van der Waals surface area contributed by atoms with E-state index in [0.29, 0.717) is 5.69 Å². The molecule has 0 heterocycles. The third-order valence-corrected chi connectivity index (χ3v) is 4.01. The molecular weight excluding hydrogens is 407 g/mol. The van der Waals surface area contributed by atoms with Crippen LogP contribution in [-0.4, -0.2) is 40.4 Å². The molecule has 3 N–H and O–H groups in total. The Kier molecular flexibility index (Phi) is 7.51. The van der Waals surface area contributed by atoms with Gasteiger partial charge in [-0.2, -0.15) is 0 Å². The quantitative estimate of drug-likeness (QED) is 0.580. The highest BCUT2D eigenvalue weighted by atomic mass is 127. The summed E-state index contributed by atoms with van der Waals surface area (Å²) >= 11 is 3.30. The van der Waals surface area contributed by atoms with Crippen LogP contribution in [0.5, 0.6) is 0 Å². The third kappa shape index (κ3) is 7.32. The van der Waals surface area contributed by atoms with Gasteiger partial charge in [0, 0.05) is 21.9 Å². The number of aliphatic carboxylic acids is 1. The number of rotatable bonds is 7. The van der Waals surface area contributed by atoms with Gasteiger partial charge in [0.1, 0.15) is 6.04 Å². The van der Waals surface area contributed by atoms with Crippen LogP contribution >= 0.6 is 34.4 Å². The summed E-state index contributed by atoms with van der Waals surface area (Å²) in [6.45, 7) is 1.25. The summed E-state index contributed by atoms with van der Waals surface area (Å²) in [5, 5.41) is 14.0. The Morgan fingerprint density at radius 1 is 1.38 bits per heavy atom. The number of amides is 2. The standard InChI is InChI=1S/C13H15IN2O4S/c1-8(17)15-11(13(19)20)6-21-7-12(18)16-10-4-2-3-9(14)5-10/h2-5,11H,6-7H2,1H3,(H,15,17)(H,16,18)(H,19,20)/t11-/m0/s1. The first-order chi connectivity index (χ1) is 9.88. The van der Waals surface area contributed by atoms with E-state index in [4.69, 9.17) is 5.11 Å². The number of carboxylic acid groups (broad SMARTS) is 1. The second-order valence-electron chi connectivity index (χ2n) is 4.16. The molecule has 6 nitrogen and oxygen atoms in total. The third-order valence-electron chi connectivity index (χ3n) is 2.30. The van der Waals surface area contributed by atoms with Crippen molar-refractivity contribution >= 4 is 57.8 Å². The summed E-state index contributed by atoms with van der Waals surface area (Å²) in [5.74, 6) is -1.49. The zero-order chi connectivity index (χ0) is 15.8. The maximum atomic E-state index is 11.7. The zero-order valence-corrected chi connectivity index (χ0v) is 14.2. The normalized spacial score (nSPS) is 11.5. The molecule has 1 aromatic rings. The SMILES string of the molecule is CC(=O)N[C@@H](CSCC(=O)Nc1cccc(I)c1)C(=O)O. The Labute approximate surface area is 140 Å². The Balaban J connectivity index is 2.38. The highest BCUT2D eigenvalue weighted by Crippen LogP contribution is 2.13. The van der Waals surface area contributed by atoms with E-state index < -0.39 is 17.9 Å². The molecule has 1 rings (SSSR count). The van der Waals surface area contributed by atoms with Crippen LogP contribution in [0.4, 0.5) is 5.69 Å². The molecule has 0 saturated carbocycles. The van der Waals surface area contributed by atoms with E-state index in [1.165, 1.54) is 6.92 Å². The Hall–Kier alpha value is -1.29. The van der Waals surface area contributed by atoms with Gasteiger partial charge in [-0.05, 0) is 40.8 Å². The molecule has 0 spiro atoms. The van der Waals surface area contributed by atoms with Crippen LogP contribution in [0, 0.1) is 3.57 Å². The predicted octanol–water partition coefficient (Wildman–Crippen LogP) is 1.55. The van der Waals surface area contributed by atoms with Gasteiger partial charge in [-0.15, -0.1) is 11.8 Å². The molecule has 0 bridgehead atoms. The van der Waals surface area contributed by atoms with Gasteiger partial charge in [0.2, 0.25) is 11.8 Å². The highest BCUT2D eigenvalue weighted by Gasteiger charge is 2.18. The molecule has 0 aliphatic rings. The monoisotopic (exact) mass is 422 g/mol. The molecule has 21 heavy (non-hydrogen) atoms. The van der Waals surface area contributed by atoms with Crippen molar-refractivity contribution in [3.8, 4) is 0 Å². The lowest BCUT2D eigenvalue weighted by atomic mass is 10.3. The van der Waals surface area contributed by atoms with Crippen molar-refractivity contribution in [2.45, 2.75) is 13.0 Å². The molecule has 0 unspecified atom stereocenters. The molecule has 0 aliphatic heterocycles. The van der Waals surface area contributed by atoms with Crippen molar-refractivity contribution in [1.82, 2.24) is 5.32 Å². The van der Waals surface area contributed by atoms with Crippen LogP contribution < -0.4 is 10.6 Å². The number of carbonyl (C=O) groups excluding carboxylic acids is 2. The second kappa shape index (κ2) is 8.88. The van der Waals surface area contributed by atoms with Crippen molar-refractivity contribution in [3.05, 3.63) is 27.8 Å². The molecule has 2 amide bonds. The van der Waals surface area contributed by atoms with Crippen LogP contribution in [0.15, 0.2) is 24.3 Å². The Bertz CT molecular complexity index is 539. The summed E-state index contributed by atoms with van der Waals surface area (Å²) in [5.41, 5.74) is 0.698. The minimum Gasteiger partial charge on any atom is -0.480 e. The van der Waals surface area contributed by atoms with E-state index in [1.807, 2.05) is 18.2 Å². The van der Waals surface area contributed by atoms with Gasteiger partial charge in [-0.1, -0.05) is 6.07 Å². The van der Waals surface area contributed by atoms with Crippen LogP contribution in [0.25, 0.3) is 0 Å². The van der Waals surface area contributed by atoms with Gasteiger partial charge >= 0.3 is 5.97 Å². The fraction of sp³-hybridized carbons (Fsp3) is 0.308. The average Bonchev–Trinajstić information content (AvgIpc) is 2.36. The van der Waals surface area contributed by atoms with Crippen molar-refractivity contribution in [2.75, 3.05) is 16.8 Å². The topological polar surface area (TPSA) is 95.5 Å². The lowest BCUT2D eigenvalue weighted by Gasteiger charge is -2.12. The van der Waals surface area contributed by atoms with Crippen molar-refractivity contribution in [2.24, 2.45) is 0 Å². The van der Waals surface area contributed by atoms with Crippen molar-refractivity contribution in [1.29, 1.82) is 0 Å². The maximum absolute atomic E-state index is 11.7. The molecule has 0 saturated heterocycles. The van der Waals surface area contributed by atoms with E-state index >= 15 is 0 Å². The van der Waals surface area contributed by atoms with Crippen LogP contribution in [-0.2, 0) is 14.4 Å². The molecular formula is C13H15IN2O4S. The summed E-state index contributed by atoms with van der Waals surface area (Å²) in [7, 11) is 0. The minimum atomic E-state index is -1.12. The first-order valence-corrected chi connectivity index (χ1v) is 8.25. The van der Waals surface area contributed by atoms with Crippen LogP contribution in [0.2, 0.25) is 0 Å². The number of halogens is 1. The van der Waals surface area contributed by atoms with E-state index in [1.54, 1.807) is 6.07 Å². The van der Waals surface area contributed by atoms with E-state index in [2.05, 4.69) is 33.2 Å². The Morgan fingerprint density at radius 3 is 2.67 bits per heavy atom. The van der Waals surface area contributed by atoms with Crippen LogP contribution in [0.3, 0.4) is 0 Å². The van der Waals surface area contributed by atoms with Crippen molar-refractivity contribution in [3.63, 3.8) is 0 Å². The van der Waals surface area contributed by atoms with Gasteiger partial charge in [0.05, 0.1) is 5.75 Å². The highest BCUT2D eigenvalue weighted by molar-refractivity contribution is 14.1. The molecule has 0 radical (unpaired) electrons. The molecule has 0 fully saturated rings. The first-order valence-electron chi connectivity index (χ1n) is 6.01. The second-order valence-corrected chi connectivity index (χ2v) is 6.44. The number of nitrogens with one attached hydrogen (secondary N) is 2. The molecule has 114 valence electrons. The average molecular weight is 422 g/mol. The van der Waals surface area contributed by atoms with Gasteiger partial charge in [0.25, 0.3) is 0 Å².